The molecule has 1 saturated heterocycles. The predicted molar refractivity (Wildman–Crippen MR) is 141 cm³/mol. The zero-order valence-corrected chi connectivity index (χ0v) is 21.0. The summed E-state index contributed by atoms with van der Waals surface area (Å²) < 4.78 is 16.1. The summed E-state index contributed by atoms with van der Waals surface area (Å²) >= 11 is 12.1. The van der Waals surface area contributed by atoms with Crippen molar-refractivity contribution in [1.82, 2.24) is 14.9 Å². The summed E-state index contributed by atoms with van der Waals surface area (Å²) in [5, 5.41) is 15.1. The molecule has 0 spiro atoms. The molecule has 1 aliphatic rings. The maximum absolute atomic E-state index is 14.1. The molecule has 2 atom stereocenters. The summed E-state index contributed by atoms with van der Waals surface area (Å²) in [5.74, 6) is -0.130. The molecule has 178 valence electrons. The van der Waals surface area contributed by atoms with Gasteiger partial charge in [0.25, 0.3) is 0 Å². The molecular weight excluding hydrogens is 483 g/mol. The van der Waals surface area contributed by atoms with E-state index in [1.165, 1.54) is 6.07 Å². The fraction of sp³-hybridized carbons (Fsp3) is 0.185. The molecule has 1 aliphatic heterocycles. The Morgan fingerprint density at radius 1 is 1.06 bits per heavy atom. The van der Waals surface area contributed by atoms with Crippen molar-refractivity contribution in [1.29, 1.82) is 0 Å². The van der Waals surface area contributed by atoms with Crippen molar-refractivity contribution in [2.24, 2.45) is 0 Å². The number of anilines is 1. The van der Waals surface area contributed by atoms with Gasteiger partial charge in [-0.25, -0.2) is 4.39 Å². The average Bonchev–Trinajstić information content (AvgIpc) is 3.33. The minimum Gasteiger partial charge on any atom is -0.506 e. The lowest BCUT2D eigenvalue weighted by molar-refractivity contribution is 0.471. The molecule has 35 heavy (non-hydrogen) atoms. The largest absolute Gasteiger partial charge is 0.506 e. The average molecular weight is 507 g/mol. The maximum atomic E-state index is 14.1. The molecule has 0 unspecified atom stereocenters. The van der Waals surface area contributed by atoms with Gasteiger partial charge in [-0.05, 0) is 98.7 Å². The SMILES string of the molecule is Cc1cc(N2C(=S)N[C@@H](c3ccccn3)[C@H]2c2cc(C)n(-c3cc(Cl)ccc3O)c2C)ccc1F. The number of aromatic hydroxyl groups is 1. The molecule has 0 amide bonds. The first kappa shape index (κ1) is 23.3. The van der Waals surface area contributed by atoms with E-state index in [1.807, 2.05) is 41.5 Å². The highest BCUT2D eigenvalue weighted by molar-refractivity contribution is 7.80. The molecule has 0 radical (unpaired) electrons. The summed E-state index contributed by atoms with van der Waals surface area (Å²) in [7, 11) is 0. The fourth-order valence-corrected chi connectivity index (χ4v) is 5.37. The molecule has 5 rings (SSSR count). The second-order valence-electron chi connectivity index (χ2n) is 8.73. The number of rotatable bonds is 4. The van der Waals surface area contributed by atoms with Crippen LogP contribution in [0.2, 0.25) is 5.02 Å². The van der Waals surface area contributed by atoms with Gasteiger partial charge < -0.3 is 19.9 Å². The second kappa shape index (κ2) is 8.98. The van der Waals surface area contributed by atoms with E-state index >= 15 is 0 Å². The second-order valence-corrected chi connectivity index (χ2v) is 9.55. The summed E-state index contributed by atoms with van der Waals surface area (Å²) in [6.45, 7) is 5.73. The van der Waals surface area contributed by atoms with E-state index in [1.54, 1.807) is 43.5 Å². The van der Waals surface area contributed by atoms with Gasteiger partial charge in [0, 0.05) is 28.3 Å². The molecule has 0 bridgehead atoms. The van der Waals surface area contributed by atoms with Gasteiger partial charge in [0.15, 0.2) is 5.11 Å². The lowest BCUT2D eigenvalue weighted by Gasteiger charge is -2.28. The number of phenolic OH excluding ortho intramolecular Hbond substituents is 1. The number of hydrogen-bond acceptors (Lipinski definition) is 3. The van der Waals surface area contributed by atoms with Gasteiger partial charge in [0.2, 0.25) is 0 Å². The first-order valence-electron chi connectivity index (χ1n) is 11.2. The minimum atomic E-state index is -0.265. The summed E-state index contributed by atoms with van der Waals surface area (Å²) in [6, 6.07) is 17.4. The van der Waals surface area contributed by atoms with Crippen LogP contribution in [0.25, 0.3) is 5.69 Å². The van der Waals surface area contributed by atoms with Crippen LogP contribution in [-0.4, -0.2) is 19.8 Å². The van der Waals surface area contributed by atoms with Crippen LogP contribution in [0.15, 0.2) is 66.9 Å². The van der Waals surface area contributed by atoms with Crippen molar-refractivity contribution in [2.45, 2.75) is 32.9 Å². The van der Waals surface area contributed by atoms with Crippen LogP contribution < -0.4 is 10.2 Å². The summed E-state index contributed by atoms with van der Waals surface area (Å²) in [5.41, 5.74) is 5.65. The van der Waals surface area contributed by atoms with Crippen LogP contribution in [0.5, 0.6) is 5.75 Å². The zero-order chi connectivity index (χ0) is 24.9. The molecular formula is C27H24ClFN4OS. The highest BCUT2D eigenvalue weighted by Gasteiger charge is 2.42. The van der Waals surface area contributed by atoms with Crippen LogP contribution >= 0.6 is 23.8 Å². The van der Waals surface area contributed by atoms with Crippen molar-refractivity contribution in [2.75, 3.05) is 4.90 Å². The zero-order valence-electron chi connectivity index (χ0n) is 19.5. The third kappa shape index (κ3) is 4.05. The standard InChI is InChI=1S/C27H24ClFN4OS/c1-15-12-19(8-9-21(15)29)33-26(25(31-27(33)35)22-6-4-5-11-30-22)20-13-16(2)32(17(20)3)23-14-18(28)7-10-24(23)34/h4-14,25-26,34H,1-3H3,(H,31,35)/t25-,26+/m0/s1. The van der Waals surface area contributed by atoms with Gasteiger partial charge in [-0.3, -0.25) is 4.98 Å². The van der Waals surface area contributed by atoms with Crippen molar-refractivity contribution in [3.63, 3.8) is 0 Å². The number of hydrogen-bond donors (Lipinski definition) is 2. The van der Waals surface area contributed by atoms with Crippen molar-refractivity contribution in [3.05, 3.63) is 106 Å². The Kier molecular flexibility index (Phi) is 5.99. The fourth-order valence-electron chi connectivity index (χ4n) is 4.86. The van der Waals surface area contributed by atoms with Crippen LogP contribution in [0.1, 0.15) is 40.3 Å². The maximum Gasteiger partial charge on any atom is 0.174 e. The molecule has 5 nitrogen and oxygen atoms in total. The molecule has 0 aliphatic carbocycles. The highest BCUT2D eigenvalue weighted by atomic mass is 35.5. The Morgan fingerprint density at radius 3 is 2.57 bits per heavy atom. The predicted octanol–water partition coefficient (Wildman–Crippen LogP) is 6.47. The summed E-state index contributed by atoms with van der Waals surface area (Å²) in [4.78, 5) is 6.62. The topological polar surface area (TPSA) is 53.3 Å². The smallest absolute Gasteiger partial charge is 0.174 e. The Bertz CT molecular complexity index is 1440. The van der Waals surface area contributed by atoms with Crippen LogP contribution in [0.4, 0.5) is 10.1 Å². The van der Waals surface area contributed by atoms with Crippen LogP contribution in [0.3, 0.4) is 0 Å². The first-order chi connectivity index (χ1) is 16.8. The number of halogens is 2. The number of nitrogens with zero attached hydrogens (tertiary/aromatic N) is 3. The lowest BCUT2D eigenvalue weighted by Crippen LogP contribution is -2.29. The molecule has 0 saturated carbocycles. The molecule has 8 heteroatoms. The molecule has 2 aromatic heterocycles. The number of pyridine rings is 1. The molecule has 1 fully saturated rings. The lowest BCUT2D eigenvalue weighted by atomic mass is 9.96. The normalized spacial score (nSPS) is 17.6. The number of aryl methyl sites for hydroxylation is 2. The van der Waals surface area contributed by atoms with E-state index in [0.717, 1.165) is 28.3 Å². The van der Waals surface area contributed by atoms with Gasteiger partial charge in [-0.1, -0.05) is 17.7 Å². The van der Waals surface area contributed by atoms with Crippen molar-refractivity contribution in [3.8, 4) is 11.4 Å². The Labute approximate surface area is 213 Å². The first-order valence-corrected chi connectivity index (χ1v) is 12.0. The molecule has 2 aromatic carbocycles. The number of benzene rings is 2. The van der Waals surface area contributed by atoms with E-state index in [-0.39, 0.29) is 23.7 Å². The number of aromatic nitrogens is 2. The Morgan fingerprint density at radius 2 is 1.86 bits per heavy atom. The number of nitrogens with one attached hydrogen (secondary N) is 1. The van der Waals surface area contributed by atoms with E-state index in [9.17, 15) is 9.50 Å². The van der Waals surface area contributed by atoms with E-state index in [0.29, 0.717) is 21.4 Å². The Balaban J connectivity index is 1.71. The van der Waals surface area contributed by atoms with Crippen LogP contribution in [-0.2, 0) is 0 Å². The van der Waals surface area contributed by atoms with E-state index in [4.69, 9.17) is 23.8 Å². The number of thiocarbonyl (C=S) groups is 1. The quantitative estimate of drug-likeness (QED) is 0.310. The molecule has 2 N–H and O–H groups in total. The third-order valence-corrected chi connectivity index (χ3v) is 7.03. The van der Waals surface area contributed by atoms with Gasteiger partial charge in [-0.15, -0.1) is 0 Å². The summed E-state index contributed by atoms with van der Waals surface area (Å²) in [6.07, 6.45) is 1.76. The van der Waals surface area contributed by atoms with Crippen LogP contribution in [0, 0.1) is 26.6 Å². The number of phenols is 1. The van der Waals surface area contributed by atoms with E-state index in [2.05, 4.69) is 16.4 Å². The van der Waals surface area contributed by atoms with E-state index < -0.39 is 0 Å². The van der Waals surface area contributed by atoms with Gasteiger partial charge in [0.1, 0.15) is 11.6 Å². The van der Waals surface area contributed by atoms with Gasteiger partial charge in [-0.2, -0.15) is 0 Å². The highest BCUT2D eigenvalue weighted by Crippen LogP contribution is 2.44. The monoisotopic (exact) mass is 506 g/mol. The van der Waals surface area contributed by atoms with Crippen molar-refractivity contribution < 1.29 is 9.50 Å². The van der Waals surface area contributed by atoms with Gasteiger partial charge >= 0.3 is 0 Å². The minimum absolute atomic E-state index is 0.134. The van der Waals surface area contributed by atoms with Gasteiger partial charge in [0.05, 0.1) is 23.5 Å². The molecule has 3 heterocycles. The molecule has 4 aromatic rings. The third-order valence-electron chi connectivity index (χ3n) is 6.49. The van der Waals surface area contributed by atoms with Crippen molar-refractivity contribution >= 4 is 34.6 Å². The Hall–Kier alpha value is -3.42.